The number of amides is 1. The van der Waals surface area contributed by atoms with Crippen LogP contribution < -0.4 is 14.8 Å². The van der Waals surface area contributed by atoms with Gasteiger partial charge < -0.3 is 14.8 Å². The van der Waals surface area contributed by atoms with Crippen LogP contribution in [0, 0.1) is 0 Å². The minimum atomic E-state index is -0.286. The monoisotopic (exact) mass is 335 g/mol. The molecule has 0 saturated carbocycles. The van der Waals surface area contributed by atoms with E-state index in [1.807, 2.05) is 18.2 Å². The summed E-state index contributed by atoms with van der Waals surface area (Å²) in [6.07, 6.45) is 3.22. The standard InChI is InChI=1S/C19H17N3O3/c1-24-14-7-9-18(25-2)17(11-14)22-19(23)13-6-8-16(21-12-13)15-5-3-4-10-20-15/h3-12H,1-2H3,(H,22,23). The van der Waals surface area contributed by atoms with Crippen LogP contribution >= 0.6 is 0 Å². The van der Waals surface area contributed by atoms with E-state index in [0.29, 0.717) is 28.4 Å². The van der Waals surface area contributed by atoms with Gasteiger partial charge in [0.05, 0.1) is 36.9 Å². The summed E-state index contributed by atoms with van der Waals surface area (Å²) in [5.41, 5.74) is 2.42. The summed E-state index contributed by atoms with van der Waals surface area (Å²) in [4.78, 5) is 21.0. The molecule has 0 fully saturated rings. The molecule has 0 spiro atoms. The molecule has 0 aliphatic carbocycles. The lowest BCUT2D eigenvalue weighted by Crippen LogP contribution is -2.13. The average Bonchev–Trinajstić information content (AvgIpc) is 2.68. The van der Waals surface area contributed by atoms with Crippen molar-refractivity contribution in [2.45, 2.75) is 0 Å². The van der Waals surface area contributed by atoms with Gasteiger partial charge in [-0.3, -0.25) is 14.8 Å². The van der Waals surface area contributed by atoms with Gasteiger partial charge in [0.2, 0.25) is 0 Å². The summed E-state index contributed by atoms with van der Waals surface area (Å²) < 4.78 is 10.4. The highest BCUT2D eigenvalue weighted by Crippen LogP contribution is 2.29. The fourth-order valence-electron chi connectivity index (χ4n) is 2.30. The van der Waals surface area contributed by atoms with Gasteiger partial charge in [-0.15, -0.1) is 0 Å². The molecule has 25 heavy (non-hydrogen) atoms. The number of benzene rings is 1. The molecule has 126 valence electrons. The van der Waals surface area contributed by atoms with Gasteiger partial charge in [-0.1, -0.05) is 6.07 Å². The number of hydrogen-bond donors (Lipinski definition) is 1. The molecule has 0 aliphatic heterocycles. The lowest BCUT2D eigenvalue weighted by Gasteiger charge is -2.11. The first-order valence-corrected chi connectivity index (χ1v) is 7.62. The Labute approximate surface area is 145 Å². The zero-order valence-corrected chi connectivity index (χ0v) is 13.9. The molecule has 0 bridgehead atoms. The number of nitrogens with one attached hydrogen (secondary N) is 1. The quantitative estimate of drug-likeness (QED) is 0.773. The van der Waals surface area contributed by atoms with E-state index in [9.17, 15) is 4.79 Å². The number of hydrogen-bond acceptors (Lipinski definition) is 5. The normalized spacial score (nSPS) is 10.2. The number of rotatable bonds is 5. The van der Waals surface area contributed by atoms with Crippen LogP contribution in [0.4, 0.5) is 5.69 Å². The summed E-state index contributed by atoms with van der Waals surface area (Å²) in [5, 5.41) is 2.81. The van der Waals surface area contributed by atoms with Crippen molar-refractivity contribution in [1.29, 1.82) is 0 Å². The Morgan fingerprint density at radius 3 is 2.44 bits per heavy atom. The molecule has 0 atom stereocenters. The van der Waals surface area contributed by atoms with Crippen LogP contribution in [0.3, 0.4) is 0 Å². The lowest BCUT2D eigenvalue weighted by atomic mass is 10.2. The van der Waals surface area contributed by atoms with E-state index in [1.165, 1.54) is 6.20 Å². The SMILES string of the molecule is COc1ccc(OC)c(NC(=O)c2ccc(-c3ccccn3)nc2)c1. The second kappa shape index (κ2) is 7.44. The largest absolute Gasteiger partial charge is 0.497 e. The molecule has 0 aliphatic rings. The van der Waals surface area contributed by atoms with Crippen molar-refractivity contribution in [1.82, 2.24) is 9.97 Å². The third kappa shape index (κ3) is 3.74. The molecule has 1 N–H and O–H groups in total. The fourth-order valence-corrected chi connectivity index (χ4v) is 2.30. The van der Waals surface area contributed by atoms with Gasteiger partial charge >= 0.3 is 0 Å². The van der Waals surface area contributed by atoms with Crippen LogP contribution in [-0.2, 0) is 0 Å². The molecule has 6 heteroatoms. The van der Waals surface area contributed by atoms with Gasteiger partial charge in [-0.25, -0.2) is 0 Å². The Morgan fingerprint density at radius 1 is 0.960 bits per heavy atom. The molecule has 0 unspecified atom stereocenters. The molecule has 1 amide bonds. The highest BCUT2D eigenvalue weighted by Gasteiger charge is 2.12. The lowest BCUT2D eigenvalue weighted by molar-refractivity contribution is 0.102. The number of anilines is 1. The molecule has 2 heterocycles. The maximum absolute atomic E-state index is 12.5. The van der Waals surface area contributed by atoms with Gasteiger partial charge in [0.15, 0.2) is 0 Å². The highest BCUT2D eigenvalue weighted by atomic mass is 16.5. The Hall–Kier alpha value is -3.41. The van der Waals surface area contributed by atoms with Crippen LogP contribution in [0.15, 0.2) is 60.9 Å². The van der Waals surface area contributed by atoms with Crippen molar-refractivity contribution in [2.75, 3.05) is 19.5 Å². The number of methoxy groups -OCH3 is 2. The van der Waals surface area contributed by atoms with Gasteiger partial charge in [0, 0.05) is 18.5 Å². The first-order valence-electron chi connectivity index (χ1n) is 7.62. The van der Waals surface area contributed by atoms with Crippen molar-refractivity contribution in [3.63, 3.8) is 0 Å². The molecule has 0 radical (unpaired) electrons. The molecule has 2 aromatic heterocycles. The van der Waals surface area contributed by atoms with E-state index >= 15 is 0 Å². The predicted molar refractivity (Wildman–Crippen MR) is 95.0 cm³/mol. The molecule has 6 nitrogen and oxygen atoms in total. The van der Waals surface area contributed by atoms with Crippen LogP contribution in [0.2, 0.25) is 0 Å². The van der Waals surface area contributed by atoms with Crippen molar-refractivity contribution in [3.8, 4) is 22.9 Å². The fraction of sp³-hybridized carbons (Fsp3) is 0.105. The zero-order valence-electron chi connectivity index (χ0n) is 13.9. The Morgan fingerprint density at radius 2 is 1.80 bits per heavy atom. The predicted octanol–water partition coefficient (Wildman–Crippen LogP) is 3.41. The first kappa shape index (κ1) is 16.4. The molecule has 1 aromatic carbocycles. The van der Waals surface area contributed by atoms with Gasteiger partial charge in [0.25, 0.3) is 5.91 Å². The number of carbonyl (C=O) groups excluding carboxylic acids is 1. The average molecular weight is 335 g/mol. The number of pyridine rings is 2. The third-order valence-corrected chi connectivity index (χ3v) is 3.61. The topological polar surface area (TPSA) is 73.3 Å². The van der Waals surface area contributed by atoms with E-state index in [0.717, 1.165) is 5.69 Å². The zero-order chi connectivity index (χ0) is 17.6. The number of aromatic nitrogens is 2. The highest BCUT2D eigenvalue weighted by molar-refractivity contribution is 6.05. The van der Waals surface area contributed by atoms with Crippen molar-refractivity contribution in [2.24, 2.45) is 0 Å². The van der Waals surface area contributed by atoms with Gasteiger partial charge in [0.1, 0.15) is 11.5 Å². The smallest absolute Gasteiger partial charge is 0.257 e. The van der Waals surface area contributed by atoms with E-state index < -0.39 is 0 Å². The Bertz CT molecular complexity index is 865. The minimum Gasteiger partial charge on any atom is -0.497 e. The summed E-state index contributed by atoms with van der Waals surface area (Å²) in [6.45, 7) is 0. The van der Waals surface area contributed by atoms with Crippen LogP contribution in [0.1, 0.15) is 10.4 Å². The minimum absolute atomic E-state index is 0.286. The first-order chi connectivity index (χ1) is 12.2. The Balaban J connectivity index is 1.80. The maximum Gasteiger partial charge on any atom is 0.257 e. The van der Waals surface area contributed by atoms with Crippen molar-refractivity contribution < 1.29 is 14.3 Å². The van der Waals surface area contributed by atoms with Crippen LogP contribution in [0.5, 0.6) is 11.5 Å². The number of nitrogens with zero attached hydrogens (tertiary/aromatic N) is 2. The third-order valence-electron chi connectivity index (χ3n) is 3.61. The van der Waals surface area contributed by atoms with Crippen molar-refractivity contribution >= 4 is 11.6 Å². The molecule has 0 saturated heterocycles. The molecular formula is C19H17N3O3. The molecule has 3 aromatic rings. The second-order valence-corrected chi connectivity index (χ2v) is 5.17. The van der Waals surface area contributed by atoms with E-state index in [-0.39, 0.29) is 5.91 Å². The summed E-state index contributed by atoms with van der Waals surface area (Å²) in [5.74, 6) is 0.888. The molecule has 3 rings (SSSR count). The summed E-state index contributed by atoms with van der Waals surface area (Å²) >= 11 is 0. The van der Waals surface area contributed by atoms with Gasteiger partial charge in [-0.2, -0.15) is 0 Å². The summed E-state index contributed by atoms with van der Waals surface area (Å²) in [6, 6.07) is 14.3. The van der Waals surface area contributed by atoms with E-state index in [2.05, 4.69) is 15.3 Å². The van der Waals surface area contributed by atoms with Gasteiger partial charge in [-0.05, 0) is 36.4 Å². The van der Waals surface area contributed by atoms with Crippen LogP contribution in [-0.4, -0.2) is 30.1 Å². The Kier molecular flexibility index (Phi) is 4.89. The summed E-state index contributed by atoms with van der Waals surface area (Å²) in [7, 11) is 3.11. The maximum atomic E-state index is 12.5. The van der Waals surface area contributed by atoms with E-state index in [4.69, 9.17) is 9.47 Å². The second-order valence-electron chi connectivity index (χ2n) is 5.17. The number of carbonyl (C=O) groups is 1. The number of ether oxygens (including phenoxy) is 2. The van der Waals surface area contributed by atoms with Crippen LogP contribution in [0.25, 0.3) is 11.4 Å². The van der Waals surface area contributed by atoms with Crippen molar-refractivity contribution in [3.05, 3.63) is 66.5 Å². The molecular weight excluding hydrogens is 318 g/mol. The van der Waals surface area contributed by atoms with E-state index in [1.54, 1.807) is 50.7 Å².